The number of benzene rings is 2. The van der Waals surface area contributed by atoms with Gasteiger partial charge in [-0.15, -0.1) is 0 Å². The van der Waals surface area contributed by atoms with Crippen molar-refractivity contribution in [1.29, 1.82) is 0 Å². The van der Waals surface area contributed by atoms with Crippen molar-refractivity contribution in [2.45, 2.75) is 11.8 Å². The molecule has 0 bridgehead atoms. The van der Waals surface area contributed by atoms with Crippen molar-refractivity contribution in [2.24, 2.45) is 0 Å². The molecule has 94 valence electrons. The lowest BCUT2D eigenvalue weighted by Crippen LogP contribution is -1.98. The van der Waals surface area contributed by atoms with Crippen molar-refractivity contribution < 1.29 is 13.3 Å². The first kappa shape index (κ1) is 13.1. The highest BCUT2D eigenvalue weighted by Gasteiger charge is 2.12. The average molecular weight is 266 g/mol. The van der Waals surface area contributed by atoms with E-state index in [0.29, 0.717) is 21.6 Å². The SMILES string of the molecule is Cc1ccc(-c2ccc([S+](C)[O-])cc2F)cc1F. The highest BCUT2D eigenvalue weighted by atomic mass is 32.2. The summed E-state index contributed by atoms with van der Waals surface area (Å²) in [7, 11) is 0. The lowest BCUT2D eigenvalue weighted by Gasteiger charge is -2.08. The van der Waals surface area contributed by atoms with Crippen LogP contribution in [0.2, 0.25) is 0 Å². The van der Waals surface area contributed by atoms with Gasteiger partial charge in [0.2, 0.25) is 0 Å². The predicted molar refractivity (Wildman–Crippen MR) is 68.9 cm³/mol. The molecular formula is C14H12F2OS. The number of hydrogen-bond donors (Lipinski definition) is 0. The first-order valence-corrected chi connectivity index (χ1v) is 6.94. The second-order valence-corrected chi connectivity index (χ2v) is 5.44. The quantitative estimate of drug-likeness (QED) is 0.760. The molecule has 18 heavy (non-hydrogen) atoms. The average Bonchev–Trinajstić information content (AvgIpc) is 2.32. The summed E-state index contributed by atoms with van der Waals surface area (Å²) in [6.45, 7) is 1.65. The van der Waals surface area contributed by atoms with E-state index in [1.54, 1.807) is 25.1 Å². The van der Waals surface area contributed by atoms with Crippen LogP contribution in [0.4, 0.5) is 8.78 Å². The molecule has 0 N–H and O–H groups in total. The van der Waals surface area contributed by atoms with Crippen molar-refractivity contribution in [3.8, 4) is 11.1 Å². The lowest BCUT2D eigenvalue weighted by molar-refractivity contribution is 0.595. The van der Waals surface area contributed by atoms with Crippen LogP contribution in [-0.2, 0) is 11.2 Å². The maximum absolute atomic E-state index is 13.9. The smallest absolute Gasteiger partial charge is 0.155 e. The standard InChI is InChI=1S/C14H12F2OS/c1-9-3-4-10(7-13(9)15)12-6-5-11(18(2)17)8-14(12)16/h3-8H,1-2H3. The van der Waals surface area contributed by atoms with E-state index < -0.39 is 17.0 Å². The summed E-state index contributed by atoms with van der Waals surface area (Å²) < 4.78 is 38.5. The second-order valence-electron chi connectivity index (χ2n) is 4.06. The summed E-state index contributed by atoms with van der Waals surface area (Å²) in [6.07, 6.45) is 1.49. The van der Waals surface area contributed by atoms with Crippen LogP contribution in [0.5, 0.6) is 0 Å². The minimum absolute atomic E-state index is 0.308. The van der Waals surface area contributed by atoms with Gasteiger partial charge in [0.15, 0.2) is 4.90 Å². The van der Waals surface area contributed by atoms with E-state index in [4.69, 9.17) is 0 Å². The second kappa shape index (κ2) is 5.08. The molecule has 1 atom stereocenters. The summed E-state index contributed by atoms with van der Waals surface area (Å²) in [5, 5.41) is 0. The Morgan fingerprint density at radius 1 is 1.00 bits per heavy atom. The summed E-state index contributed by atoms with van der Waals surface area (Å²) >= 11 is -1.23. The molecule has 0 aliphatic carbocycles. The van der Waals surface area contributed by atoms with Crippen LogP contribution in [0.25, 0.3) is 11.1 Å². The van der Waals surface area contributed by atoms with Gasteiger partial charge in [-0.3, -0.25) is 0 Å². The Kier molecular flexibility index (Phi) is 3.68. The highest BCUT2D eigenvalue weighted by Crippen LogP contribution is 2.26. The molecule has 0 amide bonds. The Morgan fingerprint density at radius 2 is 1.72 bits per heavy atom. The molecule has 0 radical (unpaired) electrons. The normalized spacial score (nSPS) is 12.5. The van der Waals surface area contributed by atoms with Crippen LogP contribution in [0.3, 0.4) is 0 Å². The zero-order chi connectivity index (χ0) is 13.3. The van der Waals surface area contributed by atoms with Crippen molar-refractivity contribution in [3.05, 3.63) is 53.6 Å². The summed E-state index contributed by atoms with van der Waals surface area (Å²) in [5.74, 6) is -0.860. The van der Waals surface area contributed by atoms with Gasteiger partial charge in [-0.2, -0.15) is 0 Å². The van der Waals surface area contributed by atoms with Gasteiger partial charge in [0.1, 0.15) is 17.9 Å². The number of rotatable bonds is 2. The zero-order valence-electron chi connectivity index (χ0n) is 10.0. The maximum Gasteiger partial charge on any atom is 0.155 e. The number of halogens is 2. The Hall–Kier alpha value is -1.39. The molecule has 0 heterocycles. The minimum atomic E-state index is -1.23. The molecular weight excluding hydrogens is 254 g/mol. The topological polar surface area (TPSA) is 23.1 Å². The van der Waals surface area contributed by atoms with E-state index in [2.05, 4.69) is 0 Å². The van der Waals surface area contributed by atoms with Crippen LogP contribution >= 0.6 is 0 Å². The van der Waals surface area contributed by atoms with Crippen molar-refractivity contribution in [2.75, 3.05) is 6.26 Å². The van der Waals surface area contributed by atoms with Gasteiger partial charge in [0, 0.05) is 11.6 Å². The third-order valence-electron chi connectivity index (χ3n) is 2.76. The molecule has 0 saturated heterocycles. The number of hydrogen-bond acceptors (Lipinski definition) is 1. The third kappa shape index (κ3) is 2.54. The fourth-order valence-electron chi connectivity index (χ4n) is 1.67. The monoisotopic (exact) mass is 266 g/mol. The molecule has 2 rings (SSSR count). The molecule has 0 aliphatic rings. The lowest BCUT2D eigenvalue weighted by atomic mass is 10.0. The molecule has 0 fully saturated rings. The van der Waals surface area contributed by atoms with Crippen molar-refractivity contribution in [1.82, 2.24) is 0 Å². The molecule has 2 aromatic rings. The largest absolute Gasteiger partial charge is 0.612 e. The van der Waals surface area contributed by atoms with E-state index >= 15 is 0 Å². The van der Waals surface area contributed by atoms with E-state index in [-0.39, 0.29) is 5.82 Å². The molecule has 0 spiro atoms. The van der Waals surface area contributed by atoms with Gasteiger partial charge in [-0.25, -0.2) is 8.78 Å². The Bertz CT molecular complexity index is 582. The van der Waals surface area contributed by atoms with E-state index in [1.807, 2.05) is 0 Å². The van der Waals surface area contributed by atoms with Gasteiger partial charge < -0.3 is 4.55 Å². The van der Waals surface area contributed by atoms with Crippen molar-refractivity contribution in [3.63, 3.8) is 0 Å². The van der Waals surface area contributed by atoms with Crippen LogP contribution in [0, 0.1) is 18.6 Å². The molecule has 0 aromatic heterocycles. The minimum Gasteiger partial charge on any atom is -0.612 e. The predicted octanol–water partition coefficient (Wildman–Crippen LogP) is 3.68. The Balaban J connectivity index is 2.47. The first-order chi connectivity index (χ1) is 8.49. The zero-order valence-corrected chi connectivity index (χ0v) is 10.9. The molecule has 0 aliphatic heterocycles. The highest BCUT2D eigenvalue weighted by molar-refractivity contribution is 7.90. The Labute approximate surface area is 108 Å². The van der Waals surface area contributed by atoms with Gasteiger partial charge >= 0.3 is 0 Å². The van der Waals surface area contributed by atoms with Gasteiger partial charge in [-0.05, 0) is 47.4 Å². The third-order valence-corrected chi connectivity index (χ3v) is 3.67. The van der Waals surface area contributed by atoms with Crippen molar-refractivity contribution >= 4 is 11.2 Å². The summed E-state index contributed by atoms with van der Waals surface area (Å²) in [4.78, 5) is 0.420. The molecule has 0 saturated carbocycles. The van der Waals surface area contributed by atoms with E-state index in [0.717, 1.165) is 0 Å². The molecule has 2 aromatic carbocycles. The molecule has 1 unspecified atom stereocenters. The maximum atomic E-state index is 13.9. The molecule has 1 nitrogen and oxygen atoms in total. The van der Waals surface area contributed by atoms with Crippen LogP contribution in [0.15, 0.2) is 41.3 Å². The van der Waals surface area contributed by atoms with Gasteiger partial charge in [-0.1, -0.05) is 12.1 Å². The number of aryl methyl sites for hydroxylation is 1. The van der Waals surface area contributed by atoms with Gasteiger partial charge in [0.05, 0.1) is 0 Å². The van der Waals surface area contributed by atoms with Gasteiger partial charge in [0.25, 0.3) is 0 Å². The fourth-order valence-corrected chi connectivity index (χ4v) is 2.20. The van der Waals surface area contributed by atoms with E-state index in [9.17, 15) is 13.3 Å². The first-order valence-electron chi connectivity index (χ1n) is 5.38. The van der Waals surface area contributed by atoms with E-state index in [1.165, 1.54) is 24.5 Å². The Morgan fingerprint density at radius 3 is 2.28 bits per heavy atom. The van der Waals surface area contributed by atoms with Crippen LogP contribution in [0.1, 0.15) is 5.56 Å². The van der Waals surface area contributed by atoms with Crippen LogP contribution in [-0.4, -0.2) is 10.8 Å². The molecule has 4 heteroatoms. The fraction of sp³-hybridized carbons (Fsp3) is 0.143. The summed E-state index contributed by atoms with van der Waals surface area (Å²) in [6, 6.07) is 8.91. The van der Waals surface area contributed by atoms with Crippen LogP contribution < -0.4 is 0 Å². The summed E-state index contributed by atoms with van der Waals surface area (Å²) in [5.41, 5.74) is 1.30.